The Bertz CT molecular complexity index is 1050. The molecule has 0 unspecified atom stereocenters. The summed E-state index contributed by atoms with van der Waals surface area (Å²) >= 11 is 0. The van der Waals surface area contributed by atoms with Crippen LogP contribution in [-0.4, -0.2) is 51.4 Å². The Kier molecular flexibility index (Phi) is 6.63. The van der Waals surface area contributed by atoms with Crippen LogP contribution in [0.3, 0.4) is 0 Å². The molecule has 0 atom stereocenters. The minimum Gasteiger partial charge on any atom is -0.337 e. The van der Waals surface area contributed by atoms with Crippen LogP contribution in [0.25, 0.3) is 0 Å². The highest BCUT2D eigenvalue weighted by Crippen LogP contribution is 2.31. The molecule has 176 valence electrons. The largest absolute Gasteiger partial charge is 0.337 e. The van der Waals surface area contributed by atoms with Crippen LogP contribution in [0.4, 0.5) is 0 Å². The van der Waals surface area contributed by atoms with E-state index in [0.717, 1.165) is 54.6 Å². The number of amides is 1. The second-order valence-corrected chi connectivity index (χ2v) is 10.2. The van der Waals surface area contributed by atoms with Crippen LogP contribution in [0, 0.1) is 6.92 Å². The number of aromatic amines is 1. The third-order valence-electron chi connectivity index (χ3n) is 7.88. The fourth-order valence-electron chi connectivity index (χ4n) is 5.94. The summed E-state index contributed by atoms with van der Waals surface area (Å²) in [5.41, 5.74) is 3.68. The number of aryl methyl sites for hydroxylation is 1. The molecular weight excluding hydrogens is 412 g/mol. The maximum absolute atomic E-state index is 13.0. The number of fused-ring (bicyclic) bond motifs is 1. The summed E-state index contributed by atoms with van der Waals surface area (Å²) in [7, 11) is 0. The molecule has 3 heterocycles. The van der Waals surface area contributed by atoms with Gasteiger partial charge < -0.3 is 14.8 Å². The van der Waals surface area contributed by atoms with Gasteiger partial charge in [0, 0.05) is 24.9 Å². The third kappa shape index (κ3) is 5.06. The van der Waals surface area contributed by atoms with Crippen molar-refractivity contribution in [3.63, 3.8) is 0 Å². The number of carbonyl (C=O) groups excluding carboxylic acids is 1. The van der Waals surface area contributed by atoms with E-state index in [1.807, 2.05) is 30.0 Å². The molecule has 1 saturated heterocycles. The lowest BCUT2D eigenvalue weighted by Gasteiger charge is -2.39. The van der Waals surface area contributed by atoms with Crippen molar-refractivity contribution < 1.29 is 4.79 Å². The van der Waals surface area contributed by atoms with Crippen molar-refractivity contribution in [1.29, 1.82) is 0 Å². The third-order valence-corrected chi connectivity index (χ3v) is 7.88. The van der Waals surface area contributed by atoms with E-state index in [0.29, 0.717) is 37.4 Å². The van der Waals surface area contributed by atoms with Gasteiger partial charge in [-0.1, -0.05) is 49.1 Å². The number of likely N-dealkylation sites (tertiary alicyclic amines) is 1. The van der Waals surface area contributed by atoms with Gasteiger partial charge in [-0.2, -0.15) is 0 Å². The van der Waals surface area contributed by atoms with Crippen molar-refractivity contribution in [3.8, 4) is 0 Å². The van der Waals surface area contributed by atoms with E-state index in [1.54, 1.807) is 0 Å². The van der Waals surface area contributed by atoms with Crippen LogP contribution in [0.5, 0.6) is 0 Å². The minimum atomic E-state index is -0.0576. The topological polar surface area (TPSA) is 69.3 Å². The molecule has 6 heteroatoms. The van der Waals surface area contributed by atoms with Crippen molar-refractivity contribution in [2.24, 2.45) is 0 Å². The summed E-state index contributed by atoms with van der Waals surface area (Å²) < 4.78 is 0. The maximum Gasteiger partial charge on any atom is 0.256 e. The van der Waals surface area contributed by atoms with Gasteiger partial charge in [0.25, 0.3) is 5.56 Å². The fraction of sp³-hybridized carbons (Fsp3) is 0.593. The number of carbonyl (C=O) groups is 1. The number of hydrogen-bond donors (Lipinski definition) is 1. The number of benzene rings is 1. The zero-order valence-corrected chi connectivity index (χ0v) is 19.8. The normalized spacial score (nSPS) is 20.6. The molecule has 3 aliphatic rings. The average molecular weight is 449 g/mol. The van der Waals surface area contributed by atoms with Gasteiger partial charge in [-0.05, 0) is 51.3 Å². The molecule has 1 amide bonds. The lowest BCUT2D eigenvalue weighted by atomic mass is 9.89. The van der Waals surface area contributed by atoms with E-state index in [9.17, 15) is 9.59 Å². The van der Waals surface area contributed by atoms with Crippen molar-refractivity contribution in [3.05, 3.63) is 62.8 Å². The van der Waals surface area contributed by atoms with E-state index in [2.05, 4.69) is 16.0 Å². The highest BCUT2D eigenvalue weighted by Gasteiger charge is 2.30. The Morgan fingerprint density at radius 2 is 1.88 bits per heavy atom. The summed E-state index contributed by atoms with van der Waals surface area (Å²) in [6.07, 6.45) is 9.99. The Balaban J connectivity index is 1.22. The van der Waals surface area contributed by atoms with E-state index in [4.69, 9.17) is 4.98 Å². The number of hydrogen-bond acceptors (Lipinski definition) is 4. The summed E-state index contributed by atoms with van der Waals surface area (Å²) in [5, 5.41) is 0. The maximum atomic E-state index is 13.0. The predicted molar refractivity (Wildman–Crippen MR) is 129 cm³/mol. The lowest BCUT2D eigenvalue weighted by molar-refractivity contribution is -0.131. The zero-order chi connectivity index (χ0) is 22.8. The van der Waals surface area contributed by atoms with Crippen LogP contribution in [-0.2, 0) is 24.2 Å². The summed E-state index contributed by atoms with van der Waals surface area (Å²) in [5.74, 6) is 1.27. The number of rotatable bonds is 4. The first kappa shape index (κ1) is 22.3. The van der Waals surface area contributed by atoms with Gasteiger partial charge in [0.15, 0.2) is 0 Å². The van der Waals surface area contributed by atoms with Gasteiger partial charge in [-0.25, -0.2) is 4.98 Å². The number of aromatic nitrogens is 2. The van der Waals surface area contributed by atoms with Crippen LogP contribution in [0.15, 0.2) is 29.1 Å². The molecule has 5 rings (SSSR count). The number of H-pyrrole nitrogens is 1. The molecule has 0 spiro atoms. The molecular formula is C27H36N4O2. The van der Waals surface area contributed by atoms with E-state index in [1.165, 1.54) is 32.1 Å². The van der Waals surface area contributed by atoms with E-state index >= 15 is 0 Å². The second-order valence-electron chi connectivity index (χ2n) is 10.2. The van der Waals surface area contributed by atoms with Crippen LogP contribution in [0.1, 0.15) is 79.1 Å². The van der Waals surface area contributed by atoms with Crippen LogP contribution < -0.4 is 5.56 Å². The predicted octanol–water partition coefficient (Wildman–Crippen LogP) is 3.72. The molecule has 1 aromatic carbocycles. The number of piperidine rings is 1. The molecule has 0 radical (unpaired) electrons. The highest BCUT2D eigenvalue weighted by atomic mass is 16.2. The first-order valence-corrected chi connectivity index (χ1v) is 12.8. The number of nitrogens with zero attached hydrogens (tertiary/aromatic N) is 3. The van der Waals surface area contributed by atoms with Gasteiger partial charge in [-0.3, -0.25) is 9.59 Å². The summed E-state index contributed by atoms with van der Waals surface area (Å²) in [6, 6.07) is 8.82. The second kappa shape index (κ2) is 9.80. The zero-order valence-electron chi connectivity index (χ0n) is 19.8. The fourth-order valence-corrected chi connectivity index (χ4v) is 5.94. The molecule has 33 heavy (non-hydrogen) atoms. The van der Waals surface area contributed by atoms with Crippen LogP contribution in [0.2, 0.25) is 0 Å². The van der Waals surface area contributed by atoms with Crippen molar-refractivity contribution in [2.75, 3.05) is 19.6 Å². The van der Waals surface area contributed by atoms with Gasteiger partial charge in [0.05, 0.1) is 24.2 Å². The monoisotopic (exact) mass is 448 g/mol. The minimum absolute atomic E-state index is 0.0576. The van der Waals surface area contributed by atoms with Gasteiger partial charge >= 0.3 is 0 Å². The Labute approximate surface area is 196 Å². The summed E-state index contributed by atoms with van der Waals surface area (Å²) in [4.78, 5) is 38.3. The van der Waals surface area contributed by atoms with Crippen LogP contribution >= 0.6 is 0 Å². The molecule has 2 aliphatic heterocycles. The Morgan fingerprint density at radius 1 is 1.09 bits per heavy atom. The first-order chi connectivity index (χ1) is 16.1. The molecule has 1 aromatic heterocycles. The Morgan fingerprint density at radius 3 is 2.64 bits per heavy atom. The average Bonchev–Trinajstić information content (AvgIpc) is 2.84. The smallest absolute Gasteiger partial charge is 0.256 e. The van der Waals surface area contributed by atoms with Gasteiger partial charge in [-0.15, -0.1) is 0 Å². The van der Waals surface area contributed by atoms with Crippen molar-refractivity contribution >= 4 is 5.91 Å². The molecule has 2 fully saturated rings. The van der Waals surface area contributed by atoms with Crippen molar-refractivity contribution in [1.82, 2.24) is 19.8 Å². The van der Waals surface area contributed by atoms with E-state index < -0.39 is 0 Å². The Hall–Kier alpha value is -2.47. The van der Waals surface area contributed by atoms with Gasteiger partial charge in [0.1, 0.15) is 5.82 Å². The molecule has 6 nitrogen and oxygen atoms in total. The van der Waals surface area contributed by atoms with E-state index in [-0.39, 0.29) is 11.5 Å². The standard InChI is InChI=1S/C27H36N4O2/c1-19-6-5-7-20(16-19)17-25(32)31-15-12-24-23(18-31)27(33)29-26(28-24)21-10-13-30(14-11-21)22-8-3-2-4-9-22/h5-7,16,21-22H,2-4,8-15,17-18H2,1H3,(H,28,29,33). The molecule has 1 aliphatic carbocycles. The number of nitrogens with one attached hydrogen (secondary N) is 1. The molecule has 2 aromatic rings. The lowest BCUT2D eigenvalue weighted by Crippen LogP contribution is -2.43. The van der Waals surface area contributed by atoms with Crippen molar-refractivity contribution in [2.45, 2.75) is 83.2 Å². The molecule has 0 bridgehead atoms. The highest BCUT2D eigenvalue weighted by molar-refractivity contribution is 5.79. The quantitative estimate of drug-likeness (QED) is 0.774. The SMILES string of the molecule is Cc1cccc(CC(=O)N2CCc3nc(C4CCN(C5CCCCC5)CC4)[nH]c(=O)c3C2)c1. The van der Waals surface area contributed by atoms with Gasteiger partial charge in [0.2, 0.25) is 5.91 Å². The molecule has 1 N–H and O–H groups in total. The molecule has 1 saturated carbocycles. The first-order valence-electron chi connectivity index (χ1n) is 12.8. The summed E-state index contributed by atoms with van der Waals surface area (Å²) in [6.45, 7) is 5.25.